The fourth-order valence-corrected chi connectivity index (χ4v) is 8.80. The van der Waals surface area contributed by atoms with Crippen molar-refractivity contribution in [2.45, 2.75) is 267 Å². The molecule has 12 unspecified atom stereocenters. The summed E-state index contributed by atoms with van der Waals surface area (Å²) in [6.45, 7) is 2.70. The highest BCUT2D eigenvalue weighted by atomic mass is 16.7. The predicted molar refractivity (Wildman–Crippen MR) is 277 cm³/mol. The lowest BCUT2D eigenvalue weighted by Crippen LogP contribution is -2.65. The van der Waals surface area contributed by atoms with Crippen LogP contribution in [0.25, 0.3) is 0 Å². The average molecular weight is 994 g/mol. The first-order valence-corrected chi connectivity index (χ1v) is 27.5. The first kappa shape index (κ1) is 63.8. The molecule has 0 bridgehead atoms. The summed E-state index contributed by atoms with van der Waals surface area (Å²) < 4.78 is 22.8. The van der Waals surface area contributed by atoms with Crippen LogP contribution < -0.4 is 5.32 Å². The second-order valence-corrected chi connectivity index (χ2v) is 19.3. The summed E-state index contributed by atoms with van der Waals surface area (Å²) in [5, 5.41) is 87.0. The Labute approximate surface area is 422 Å². The van der Waals surface area contributed by atoms with Crippen molar-refractivity contribution < 1.29 is 64.6 Å². The topological polar surface area (TPSA) is 228 Å². The quantitative estimate of drug-likeness (QED) is 0.0208. The van der Waals surface area contributed by atoms with Gasteiger partial charge in [0.25, 0.3) is 0 Å². The van der Waals surface area contributed by atoms with Crippen molar-refractivity contribution in [2.75, 3.05) is 19.8 Å². The molecule has 0 spiro atoms. The molecule has 14 heteroatoms. The minimum absolute atomic E-state index is 0.224. The first-order chi connectivity index (χ1) is 34.1. The van der Waals surface area contributed by atoms with Gasteiger partial charge in [0.2, 0.25) is 5.91 Å². The molecule has 0 aromatic heterocycles. The van der Waals surface area contributed by atoms with E-state index in [9.17, 15) is 45.6 Å². The van der Waals surface area contributed by atoms with E-state index < -0.39 is 86.8 Å². The molecule has 0 radical (unpaired) electrons. The molecule has 2 saturated heterocycles. The van der Waals surface area contributed by atoms with Crippen molar-refractivity contribution in [1.82, 2.24) is 5.32 Å². The molecule has 2 heterocycles. The number of amides is 1. The number of carbonyl (C=O) groups excluding carboxylic acids is 1. The highest BCUT2D eigenvalue weighted by Gasteiger charge is 2.51. The Kier molecular flexibility index (Phi) is 38.4. The van der Waals surface area contributed by atoms with Crippen molar-refractivity contribution in [2.24, 2.45) is 0 Å². The number of allylic oxidation sites excluding steroid dienone is 10. The summed E-state index contributed by atoms with van der Waals surface area (Å²) in [5.41, 5.74) is 0. The number of carbonyl (C=O) groups is 1. The molecule has 12 atom stereocenters. The van der Waals surface area contributed by atoms with E-state index in [1.807, 2.05) is 0 Å². The van der Waals surface area contributed by atoms with Crippen molar-refractivity contribution >= 4 is 5.91 Å². The fourth-order valence-electron chi connectivity index (χ4n) is 8.80. The van der Waals surface area contributed by atoms with Gasteiger partial charge >= 0.3 is 0 Å². The van der Waals surface area contributed by atoms with Crippen LogP contribution in [0.5, 0.6) is 0 Å². The van der Waals surface area contributed by atoms with Crippen LogP contribution in [0.2, 0.25) is 0 Å². The maximum absolute atomic E-state index is 13.2. The predicted octanol–water partition coefficient (Wildman–Crippen LogP) is 8.22. The number of nitrogens with one attached hydrogen (secondary N) is 1. The van der Waals surface area contributed by atoms with Crippen LogP contribution in [0, 0.1) is 0 Å². The molecule has 2 rings (SSSR count). The van der Waals surface area contributed by atoms with Gasteiger partial charge in [-0.05, 0) is 51.4 Å². The molecule has 2 fully saturated rings. The molecular weight excluding hydrogens is 895 g/mol. The lowest BCUT2D eigenvalue weighted by molar-refractivity contribution is -0.359. The summed E-state index contributed by atoms with van der Waals surface area (Å²) in [4.78, 5) is 13.2. The summed E-state index contributed by atoms with van der Waals surface area (Å²) in [5.74, 6) is -0.264. The van der Waals surface area contributed by atoms with E-state index in [1.54, 1.807) is 0 Å². The van der Waals surface area contributed by atoms with E-state index in [0.29, 0.717) is 19.3 Å². The molecule has 0 saturated carbocycles. The summed E-state index contributed by atoms with van der Waals surface area (Å²) in [7, 11) is 0. The van der Waals surface area contributed by atoms with Gasteiger partial charge in [-0.15, -0.1) is 0 Å². The van der Waals surface area contributed by atoms with Crippen LogP contribution in [0.1, 0.15) is 194 Å². The third-order valence-corrected chi connectivity index (χ3v) is 13.2. The van der Waals surface area contributed by atoms with Crippen LogP contribution in [0.4, 0.5) is 0 Å². The molecule has 0 aromatic carbocycles. The minimum atomic E-state index is -1.79. The maximum Gasteiger partial charge on any atom is 0.220 e. The molecule has 1 amide bonds. The Morgan fingerprint density at radius 3 is 1.46 bits per heavy atom. The second kappa shape index (κ2) is 42.1. The smallest absolute Gasteiger partial charge is 0.220 e. The van der Waals surface area contributed by atoms with E-state index in [1.165, 1.54) is 96.3 Å². The summed E-state index contributed by atoms with van der Waals surface area (Å²) in [6.07, 6.45) is 35.1. The number of rotatable bonds is 42. The zero-order chi connectivity index (χ0) is 51.0. The van der Waals surface area contributed by atoms with Gasteiger partial charge in [-0.1, -0.05) is 197 Å². The van der Waals surface area contributed by atoms with Gasteiger partial charge in [-0.2, -0.15) is 0 Å². The highest BCUT2D eigenvalue weighted by Crippen LogP contribution is 2.30. The zero-order valence-electron chi connectivity index (χ0n) is 43.2. The van der Waals surface area contributed by atoms with Crippen LogP contribution in [-0.4, -0.2) is 140 Å². The molecule has 0 aliphatic carbocycles. The van der Waals surface area contributed by atoms with E-state index in [0.717, 1.165) is 57.8 Å². The molecule has 14 nitrogen and oxygen atoms in total. The van der Waals surface area contributed by atoms with E-state index >= 15 is 0 Å². The van der Waals surface area contributed by atoms with E-state index in [4.69, 9.17) is 18.9 Å². The highest BCUT2D eigenvalue weighted by molar-refractivity contribution is 5.76. The number of hydrogen-bond donors (Lipinski definition) is 9. The van der Waals surface area contributed by atoms with Gasteiger partial charge in [0.15, 0.2) is 12.6 Å². The normalized spacial score (nSPS) is 26.4. The van der Waals surface area contributed by atoms with E-state index in [-0.39, 0.29) is 18.9 Å². The third kappa shape index (κ3) is 28.2. The molecule has 406 valence electrons. The van der Waals surface area contributed by atoms with Crippen molar-refractivity contribution in [1.29, 1.82) is 0 Å². The second-order valence-electron chi connectivity index (χ2n) is 19.3. The Morgan fingerprint density at radius 1 is 0.529 bits per heavy atom. The Hall–Kier alpha value is -2.31. The molecular formula is C56H99NO13. The van der Waals surface area contributed by atoms with Gasteiger partial charge in [0.1, 0.15) is 48.8 Å². The molecule has 2 aliphatic heterocycles. The zero-order valence-corrected chi connectivity index (χ0v) is 43.2. The van der Waals surface area contributed by atoms with Crippen molar-refractivity contribution in [3.63, 3.8) is 0 Å². The minimum Gasteiger partial charge on any atom is -0.394 e. The van der Waals surface area contributed by atoms with Crippen molar-refractivity contribution in [3.05, 3.63) is 60.8 Å². The Balaban J connectivity index is 1.82. The lowest BCUT2D eigenvalue weighted by Gasteiger charge is -2.46. The monoisotopic (exact) mass is 994 g/mol. The lowest BCUT2D eigenvalue weighted by atomic mass is 9.97. The molecule has 0 aromatic rings. The van der Waals surface area contributed by atoms with Gasteiger partial charge in [0, 0.05) is 6.42 Å². The summed E-state index contributed by atoms with van der Waals surface area (Å²) in [6, 6.07) is -0.861. The molecule has 70 heavy (non-hydrogen) atoms. The van der Waals surface area contributed by atoms with Crippen LogP contribution in [0.3, 0.4) is 0 Å². The average Bonchev–Trinajstić information content (AvgIpc) is 3.36. The largest absolute Gasteiger partial charge is 0.394 e. The van der Waals surface area contributed by atoms with Gasteiger partial charge in [0.05, 0.1) is 32.0 Å². The summed E-state index contributed by atoms with van der Waals surface area (Å²) >= 11 is 0. The number of hydrogen-bond acceptors (Lipinski definition) is 13. The number of unbranched alkanes of at least 4 members (excludes halogenated alkanes) is 19. The van der Waals surface area contributed by atoms with Crippen LogP contribution in [-0.2, 0) is 23.7 Å². The molecule has 2 aliphatic rings. The van der Waals surface area contributed by atoms with Crippen LogP contribution >= 0.6 is 0 Å². The van der Waals surface area contributed by atoms with E-state index in [2.05, 4.69) is 79.9 Å². The first-order valence-electron chi connectivity index (χ1n) is 27.5. The number of ether oxygens (including phenoxy) is 4. The van der Waals surface area contributed by atoms with Gasteiger partial charge < -0.3 is 65.1 Å². The Morgan fingerprint density at radius 2 is 0.971 bits per heavy atom. The maximum atomic E-state index is 13.2. The van der Waals surface area contributed by atoms with Gasteiger partial charge in [-0.3, -0.25) is 4.79 Å². The Bertz CT molecular complexity index is 1410. The SMILES string of the molecule is CC/C=C\C/C=C\C/C=C\C/C=C\C/C=C\CCCC(=O)NC(COC1OC(CO)C(OC2OC(CO)C(O)C(O)C2O)C(O)C1O)C(O)CCCCCCCCCCCCCCCCCCCCC. The number of aliphatic hydroxyl groups is 8. The fraction of sp³-hybridized carbons (Fsp3) is 0.804. The van der Waals surface area contributed by atoms with Crippen molar-refractivity contribution in [3.8, 4) is 0 Å². The molecule has 9 N–H and O–H groups in total. The van der Waals surface area contributed by atoms with Gasteiger partial charge in [-0.25, -0.2) is 0 Å². The third-order valence-electron chi connectivity index (χ3n) is 13.2. The standard InChI is InChI=1S/C56H99NO13/c1-3-5-7-9-11-13-15-17-19-21-22-24-25-27-29-31-33-35-37-39-45(60)44(57-48(61)40-38-36-34-32-30-28-26-23-20-18-16-14-12-10-8-6-4-2)43-67-55-53(66)51(64)54(47(42-59)69-55)70-56-52(65)50(63)49(62)46(41-58)68-56/h6,8,12,14,18,20,26,28,32,34,44-47,49-56,58-60,62-66H,3-5,7,9-11,13,15-17,19,21-25,27,29-31,33,35-43H2,1-2H3,(H,57,61)/b8-6-,14-12-,20-18-,28-26-,34-32-. The number of aliphatic hydroxyl groups excluding tert-OH is 8. The van der Waals surface area contributed by atoms with Crippen LogP contribution in [0.15, 0.2) is 60.8 Å².